The molecule has 0 heterocycles. The average Bonchev–Trinajstić information content (AvgIpc) is 1.59. The van der Waals surface area contributed by atoms with Crippen LogP contribution in [-0.2, 0) is 30.8 Å². The zero-order valence-corrected chi connectivity index (χ0v) is 6.11. The van der Waals surface area contributed by atoms with E-state index in [0.29, 0.717) is 0 Å². The molecule has 66 valence electrons. The molecule has 0 aromatic heterocycles. The molecule has 8 nitrogen and oxygen atoms in total. The summed E-state index contributed by atoms with van der Waals surface area (Å²) in [6.07, 6.45) is 0. The van der Waals surface area contributed by atoms with Gasteiger partial charge in [0.15, 0.2) is 0 Å². The Balaban J connectivity index is 0. The van der Waals surface area contributed by atoms with Crippen molar-refractivity contribution in [2.75, 3.05) is 0 Å². The van der Waals surface area contributed by atoms with Crippen LogP contribution in [0.25, 0.3) is 0 Å². The Morgan fingerprint density at radius 1 is 0.909 bits per heavy atom. The Hall–Kier alpha value is -1.01. The molecule has 0 fully saturated rings. The van der Waals surface area contributed by atoms with Gasteiger partial charge in [-0.05, 0) is 0 Å². The first-order valence-electron chi connectivity index (χ1n) is 1.80. The molecule has 9 heteroatoms. The molecular weight excluding hydrogens is 204 g/mol. The van der Waals surface area contributed by atoms with Gasteiger partial charge in [-0.3, -0.25) is 0 Å². The molecule has 0 rings (SSSR count). The van der Waals surface area contributed by atoms with E-state index < -0.39 is 25.6 Å². The number of carbonyl (C=O) groups is 2. The molecule has 0 unspecified atom stereocenters. The third-order valence-corrected chi connectivity index (χ3v) is 0.183. The van der Waals surface area contributed by atoms with Crippen molar-refractivity contribution in [3.63, 3.8) is 0 Å². The van der Waals surface area contributed by atoms with E-state index >= 15 is 0 Å². The monoisotopic (exact) mass is 208 g/mol. The summed E-state index contributed by atoms with van der Waals surface area (Å²) < 4.78 is 31.9. The standard InChI is InChI=1S/C2H2O4.Cr.2H2O.2O/c3-1(4)2(5)6;;;;;/h(H,3,4)(H,5,6);;2*1H2;;/q;+2;;;;/p-2. The molecule has 0 radical (unpaired) electrons. The Bertz CT molecular complexity index is 215. The summed E-state index contributed by atoms with van der Waals surface area (Å²) in [6.45, 7) is 0. The van der Waals surface area contributed by atoms with Crippen LogP contribution in [0.3, 0.4) is 0 Å². The maximum atomic E-state index is 9.10. The number of carboxylic acids is 2. The molecule has 0 amide bonds. The van der Waals surface area contributed by atoms with Crippen molar-refractivity contribution in [1.29, 1.82) is 0 Å². The van der Waals surface area contributed by atoms with Crippen LogP contribution in [0, 0.1) is 0 Å². The summed E-state index contributed by atoms with van der Waals surface area (Å²) >= 11 is -5.25. The van der Waals surface area contributed by atoms with E-state index in [1.54, 1.807) is 0 Å². The average molecular weight is 208 g/mol. The third-order valence-electron chi connectivity index (χ3n) is 0.183. The number of aliphatic carboxylic acids is 2. The zero-order chi connectivity index (χ0) is 9.65. The van der Waals surface area contributed by atoms with Crippen LogP contribution >= 0.6 is 0 Å². The molecule has 0 spiro atoms. The van der Waals surface area contributed by atoms with Crippen molar-refractivity contribution in [3.8, 4) is 0 Å². The van der Waals surface area contributed by atoms with E-state index in [9.17, 15) is 0 Å². The van der Waals surface area contributed by atoms with Gasteiger partial charge in [-0.15, -0.1) is 0 Å². The van der Waals surface area contributed by atoms with Gasteiger partial charge in [0.05, 0.1) is 0 Å². The topological polar surface area (TPSA) is 149 Å². The normalized spacial score (nSPS) is 9.27. The molecule has 0 atom stereocenters. The van der Waals surface area contributed by atoms with Crippen LogP contribution in [0.4, 0.5) is 0 Å². The Labute approximate surface area is 62.1 Å². The third kappa shape index (κ3) is 49.1. The molecule has 0 bridgehead atoms. The molecular formula is C2H4CrO8. The first kappa shape index (κ1) is 12.6. The Morgan fingerprint density at radius 2 is 1.00 bits per heavy atom. The summed E-state index contributed by atoms with van der Waals surface area (Å²) in [5.41, 5.74) is 0. The first-order chi connectivity index (χ1) is 4.64. The van der Waals surface area contributed by atoms with Gasteiger partial charge in [0, 0.05) is 0 Å². The molecule has 0 aliphatic carbocycles. The molecule has 4 N–H and O–H groups in total. The van der Waals surface area contributed by atoms with E-state index in [4.69, 9.17) is 35.7 Å². The van der Waals surface area contributed by atoms with Crippen molar-refractivity contribution in [1.82, 2.24) is 0 Å². The van der Waals surface area contributed by atoms with Gasteiger partial charge in [0.2, 0.25) is 0 Å². The minimum absolute atomic E-state index is 1.82. The maximum absolute atomic E-state index is 9.10. The second-order valence-electron chi connectivity index (χ2n) is 1.06. The van der Waals surface area contributed by atoms with Gasteiger partial charge < -0.3 is 10.2 Å². The van der Waals surface area contributed by atoms with Crippen LogP contribution in [0.1, 0.15) is 0 Å². The van der Waals surface area contributed by atoms with Crippen molar-refractivity contribution in [3.05, 3.63) is 0 Å². The fourth-order valence-corrected chi connectivity index (χ4v) is 0. The summed E-state index contributed by atoms with van der Waals surface area (Å²) in [4.78, 5) is 18.2. The summed E-state index contributed by atoms with van der Waals surface area (Å²) in [7, 11) is 0. The molecule has 0 aliphatic heterocycles. The summed E-state index contributed by atoms with van der Waals surface area (Å²) in [5.74, 6) is -3.65. The molecule has 0 saturated heterocycles. The van der Waals surface area contributed by atoms with Crippen molar-refractivity contribution >= 4 is 11.9 Å². The van der Waals surface area contributed by atoms with E-state index in [1.165, 1.54) is 0 Å². The fourth-order valence-electron chi connectivity index (χ4n) is 0. The first-order valence-corrected chi connectivity index (χ1v) is 3.99. The van der Waals surface area contributed by atoms with E-state index in [2.05, 4.69) is 0 Å². The van der Waals surface area contributed by atoms with Gasteiger partial charge >= 0.3 is 41.5 Å². The minimum atomic E-state index is -5.25. The van der Waals surface area contributed by atoms with Gasteiger partial charge in [-0.1, -0.05) is 0 Å². The van der Waals surface area contributed by atoms with E-state index in [1.807, 2.05) is 0 Å². The SMILES string of the molecule is O=C(O)C(=O)O.[O]=[Cr](=[O])([OH])[OH]. The molecule has 11 heavy (non-hydrogen) atoms. The molecule has 0 saturated carbocycles. The quantitative estimate of drug-likeness (QED) is 0.327. The predicted octanol–water partition coefficient (Wildman–Crippen LogP) is -2.20. The molecule has 0 aromatic carbocycles. The van der Waals surface area contributed by atoms with Crippen LogP contribution in [0.2, 0.25) is 0 Å². The number of carboxylic acid groups (broad SMARTS) is 2. The van der Waals surface area contributed by atoms with Crippen molar-refractivity contribution in [2.24, 2.45) is 0 Å². The van der Waals surface area contributed by atoms with Crippen molar-refractivity contribution < 1.29 is 49.3 Å². The molecule has 0 aliphatic rings. The number of hydrogen-bond acceptors (Lipinski definition) is 4. The van der Waals surface area contributed by atoms with E-state index in [0.717, 1.165) is 0 Å². The molecule has 0 aromatic rings. The van der Waals surface area contributed by atoms with E-state index in [-0.39, 0.29) is 0 Å². The van der Waals surface area contributed by atoms with Crippen LogP contribution < -0.4 is 0 Å². The Morgan fingerprint density at radius 3 is 1.00 bits per heavy atom. The van der Waals surface area contributed by atoms with Gasteiger partial charge in [-0.25, -0.2) is 9.59 Å². The zero-order valence-electron chi connectivity index (χ0n) is 4.83. The van der Waals surface area contributed by atoms with Gasteiger partial charge in [-0.2, -0.15) is 0 Å². The summed E-state index contributed by atoms with van der Waals surface area (Å²) in [6, 6.07) is 0. The fraction of sp³-hybridized carbons (Fsp3) is 0. The van der Waals surface area contributed by atoms with Crippen LogP contribution in [-0.4, -0.2) is 30.5 Å². The van der Waals surface area contributed by atoms with Crippen LogP contribution in [0.15, 0.2) is 0 Å². The number of hydrogen-bond donors (Lipinski definition) is 4. The predicted molar refractivity (Wildman–Crippen MR) is 21.1 cm³/mol. The van der Waals surface area contributed by atoms with Crippen molar-refractivity contribution in [2.45, 2.75) is 0 Å². The van der Waals surface area contributed by atoms with Gasteiger partial charge in [0.25, 0.3) is 0 Å². The summed E-state index contributed by atoms with van der Waals surface area (Å²) in [5, 5.41) is 14.8. The van der Waals surface area contributed by atoms with Crippen LogP contribution in [0.5, 0.6) is 0 Å². The Kier molecular flexibility index (Phi) is 5.47. The van der Waals surface area contributed by atoms with Gasteiger partial charge in [0.1, 0.15) is 0 Å². The second kappa shape index (κ2) is 4.75. The number of rotatable bonds is 0. The second-order valence-corrected chi connectivity index (χ2v) is 2.46.